The lowest BCUT2D eigenvalue weighted by Gasteiger charge is -2.02. The van der Waals surface area contributed by atoms with Crippen molar-refractivity contribution in [2.75, 3.05) is 6.61 Å². The van der Waals surface area contributed by atoms with E-state index in [1.807, 2.05) is 6.92 Å². The largest absolute Gasteiger partial charge is 0.465 e. The van der Waals surface area contributed by atoms with Crippen molar-refractivity contribution in [2.45, 2.75) is 19.8 Å². The maximum atomic E-state index is 11.6. The van der Waals surface area contributed by atoms with Gasteiger partial charge in [0, 0.05) is 10.6 Å². The highest BCUT2D eigenvalue weighted by Gasteiger charge is 2.12. The average Bonchev–Trinajstić information content (AvgIpc) is 2.27. The first-order valence-electron chi connectivity index (χ1n) is 5.08. The molecule has 0 saturated heterocycles. The molecule has 0 N–H and O–H groups in total. The number of carbonyl (C=O) groups excluding carboxylic acids is 2. The third kappa shape index (κ3) is 4.03. The van der Waals surface area contributed by atoms with Gasteiger partial charge in [-0.05, 0) is 30.7 Å². The Bertz CT molecular complexity index is 370. The minimum atomic E-state index is -0.484. The number of ketones is 1. The molecule has 3 nitrogen and oxygen atoms in total. The molecular weight excluding hydrogens is 228 g/mol. The summed E-state index contributed by atoms with van der Waals surface area (Å²) in [6, 6.07) is 6.42. The molecule has 0 aliphatic rings. The Labute approximate surface area is 99.4 Å². The molecule has 0 bridgehead atoms. The van der Waals surface area contributed by atoms with Gasteiger partial charge >= 0.3 is 5.97 Å². The molecule has 0 unspecified atom stereocenters. The Kier molecular flexibility index (Phi) is 4.99. The smallest absolute Gasteiger partial charge is 0.313 e. The van der Waals surface area contributed by atoms with E-state index in [2.05, 4.69) is 0 Å². The van der Waals surface area contributed by atoms with E-state index in [0.717, 1.165) is 6.42 Å². The second-order valence-corrected chi connectivity index (χ2v) is 3.76. The highest BCUT2D eigenvalue weighted by atomic mass is 35.5. The van der Waals surface area contributed by atoms with Crippen LogP contribution >= 0.6 is 11.6 Å². The quantitative estimate of drug-likeness (QED) is 0.452. The van der Waals surface area contributed by atoms with Crippen LogP contribution in [0.1, 0.15) is 30.1 Å². The van der Waals surface area contributed by atoms with Crippen LogP contribution in [0.15, 0.2) is 24.3 Å². The van der Waals surface area contributed by atoms with Crippen LogP contribution in [0.5, 0.6) is 0 Å². The van der Waals surface area contributed by atoms with Crippen molar-refractivity contribution < 1.29 is 14.3 Å². The van der Waals surface area contributed by atoms with Crippen molar-refractivity contribution >= 4 is 23.4 Å². The second-order valence-electron chi connectivity index (χ2n) is 3.33. The van der Waals surface area contributed by atoms with Crippen LogP contribution in [-0.2, 0) is 9.53 Å². The number of Topliss-reactive ketones (excluding diaryl/α,β-unsaturated/α-hetero) is 1. The monoisotopic (exact) mass is 240 g/mol. The third-order valence-corrected chi connectivity index (χ3v) is 2.19. The molecule has 0 amide bonds. The van der Waals surface area contributed by atoms with Crippen LogP contribution in [0.25, 0.3) is 0 Å². The number of hydrogen-bond acceptors (Lipinski definition) is 3. The van der Waals surface area contributed by atoms with Crippen LogP contribution in [-0.4, -0.2) is 18.4 Å². The minimum Gasteiger partial charge on any atom is -0.465 e. The fraction of sp³-hybridized carbons (Fsp3) is 0.333. The zero-order valence-electron chi connectivity index (χ0n) is 9.03. The molecule has 0 spiro atoms. The van der Waals surface area contributed by atoms with Crippen molar-refractivity contribution in [1.82, 2.24) is 0 Å². The average molecular weight is 241 g/mol. The zero-order valence-corrected chi connectivity index (χ0v) is 9.79. The lowest BCUT2D eigenvalue weighted by atomic mass is 10.1. The fourth-order valence-electron chi connectivity index (χ4n) is 1.14. The summed E-state index contributed by atoms with van der Waals surface area (Å²) in [4.78, 5) is 22.8. The molecule has 4 heteroatoms. The molecule has 1 aromatic carbocycles. The van der Waals surface area contributed by atoms with E-state index in [0.29, 0.717) is 17.2 Å². The molecule has 1 rings (SSSR count). The summed E-state index contributed by atoms with van der Waals surface area (Å²) >= 11 is 5.69. The van der Waals surface area contributed by atoms with Crippen LogP contribution < -0.4 is 0 Å². The van der Waals surface area contributed by atoms with Gasteiger partial charge in [0.1, 0.15) is 6.42 Å². The highest BCUT2D eigenvalue weighted by molar-refractivity contribution is 6.30. The maximum absolute atomic E-state index is 11.6. The Morgan fingerprint density at radius 3 is 2.44 bits per heavy atom. The third-order valence-electron chi connectivity index (χ3n) is 1.94. The van der Waals surface area contributed by atoms with Gasteiger partial charge in [0.25, 0.3) is 0 Å². The number of esters is 1. The molecule has 0 atom stereocenters. The first kappa shape index (κ1) is 12.7. The molecule has 1 aromatic rings. The molecule has 0 aliphatic carbocycles. The number of halogens is 1. The summed E-state index contributed by atoms with van der Waals surface area (Å²) in [7, 11) is 0. The van der Waals surface area contributed by atoms with Crippen molar-refractivity contribution in [1.29, 1.82) is 0 Å². The Hall–Kier alpha value is -1.35. The van der Waals surface area contributed by atoms with E-state index in [1.165, 1.54) is 0 Å². The van der Waals surface area contributed by atoms with Crippen LogP contribution in [0.2, 0.25) is 5.02 Å². The van der Waals surface area contributed by atoms with Gasteiger partial charge in [-0.2, -0.15) is 0 Å². The lowest BCUT2D eigenvalue weighted by molar-refractivity contribution is -0.142. The summed E-state index contributed by atoms with van der Waals surface area (Å²) in [6.45, 7) is 2.25. The van der Waals surface area contributed by atoms with E-state index >= 15 is 0 Å². The lowest BCUT2D eigenvalue weighted by Crippen LogP contribution is -2.11. The number of benzene rings is 1. The summed E-state index contributed by atoms with van der Waals surface area (Å²) in [5.41, 5.74) is 0.470. The van der Waals surface area contributed by atoms with Crippen molar-refractivity contribution in [3.8, 4) is 0 Å². The number of ether oxygens (including phenoxy) is 1. The van der Waals surface area contributed by atoms with Gasteiger partial charge in [-0.15, -0.1) is 0 Å². The van der Waals surface area contributed by atoms with Gasteiger partial charge < -0.3 is 4.74 Å². The van der Waals surface area contributed by atoms with Gasteiger partial charge in [0.2, 0.25) is 0 Å². The fourth-order valence-corrected chi connectivity index (χ4v) is 1.26. The highest BCUT2D eigenvalue weighted by Crippen LogP contribution is 2.11. The van der Waals surface area contributed by atoms with Crippen molar-refractivity contribution in [2.24, 2.45) is 0 Å². The molecule has 0 heterocycles. The molecule has 0 aromatic heterocycles. The Balaban J connectivity index is 2.52. The topological polar surface area (TPSA) is 43.4 Å². The van der Waals surface area contributed by atoms with E-state index in [1.54, 1.807) is 24.3 Å². The van der Waals surface area contributed by atoms with Crippen molar-refractivity contribution in [3.05, 3.63) is 34.9 Å². The van der Waals surface area contributed by atoms with Gasteiger partial charge in [0.15, 0.2) is 5.78 Å². The molecule has 0 saturated carbocycles. The first-order valence-corrected chi connectivity index (χ1v) is 5.45. The van der Waals surface area contributed by atoms with Gasteiger partial charge in [-0.3, -0.25) is 9.59 Å². The van der Waals surface area contributed by atoms with Crippen LogP contribution in [0.3, 0.4) is 0 Å². The molecule has 16 heavy (non-hydrogen) atoms. The van der Waals surface area contributed by atoms with Crippen LogP contribution in [0.4, 0.5) is 0 Å². The molecular formula is C12H13ClO3. The zero-order chi connectivity index (χ0) is 12.0. The number of rotatable bonds is 5. The van der Waals surface area contributed by atoms with Gasteiger partial charge in [-0.1, -0.05) is 18.5 Å². The predicted octanol–water partition coefficient (Wildman–Crippen LogP) is 2.87. The van der Waals surface area contributed by atoms with E-state index in [4.69, 9.17) is 16.3 Å². The predicted molar refractivity (Wildman–Crippen MR) is 61.6 cm³/mol. The molecule has 0 aliphatic heterocycles. The van der Waals surface area contributed by atoms with Gasteiger partial charge in [0.05, 0.1) is 6.61 Å². The van der Waals surface area contributed by atoms with E-state index < -0.39 is 5.97 Å². The standard InChI is InChI=1S/C12H13ClO3/c1-2-7-16-12(15)8-11(14)9-3-5-10(13)6-4-9/h3-6H,2,7-8H2,1H3. The second kappa shape index (κ2) is 6.28. The van der Waals surface area contributed by atoms with Gasteiger partial charge in [-0.25, -0.2) is 0 Å². The summed E-state index contributed by atoms with van der Waals surface area (Å²) in [6.07, 6.45) is 0.530. The summed E-state index contributed by atoms with van der Waals surface area (Å²) in [5, 5.41) is 0.560. The SMILES string of the molecule is CCCOC(=O)CC(=O)c1ccc(Cl)cc1. The Morgan fingerprint density at radius 2 is 1.88 bits per heavy atom. The summed E-state index contributed by atoms with van der Waals surface area (Å²) < 4.78 is 4.82. The molecule has 0 fully saturated rings. The normalized spacial score (nSPS) is 9.88. The van der Waals surface area contributed by atoms with Crippen LogP contribution in [0, 0.1) is 0 Å². The van der Waals surface area contributed by atoms with E-state index in [-0.39, 0.29) is 12.2 Å². The minimum absolute atomic E-state index is 0.221. The number of carbonyl (C=O) groups is 2. The maximum Gasteiger partial charge on any atom is 0.313 e. The Morgan fingerprint density at radius 1 is 1.25 bits per heavy atom. The summed E-state index contributed by atoms with van der Waals surface area (Å²) in [5.74, 6) is -0.737. The van der Waals surface area contributed by atoms with Crippen molar-refractivity contribution in [3.63, 3.8) is 0 Å². The molecule has 0 radical (unpaired) electrons. The molecule has 86 valence electrons. The number of hydrogen-bond donors (Lipinski definition) is 0. The van der Waals surface area contributed by atoms with E-state index in [9.17, 15) is 9.59 Å². The first-order chi connectivity index (χ1) is 7.63.